The van der Waals surface area contributed by atoms with E-state index in [1.165, 1.54) is 0 Å². The van der Waals surface area contributed by atoms with Crippen molar-refractivity contribution >= 4 is 11.7 Å². The van der Waals surface area contributed by atoms with Gasteiger partial charge in [-0.2, -0.15) is 0 Å². The van der Waals surface area contributed by atoms with Crippen LogP contribution in [0.2, 0.25) is 0 Å². The second-order valence-corrected chi connectivity index (χ2v) is 4.01. The van der Waals surface area contributed by atoms with Crippen LogP contribution >= 0.6 is 0 Å². The molecular formula is C14H14N2O2. The predicted molar refractivity (Wildman–Crippen MR) is 69.4 cm³/mol. The normalized spacial score (nSPS) is 11.8. The molecule has 18 heavy (non-hydrogen) atoms. The summed E-state index contributed by atoms with van der Waals surface area (Å²) in [5.41, 5.74) is 2.35. The number of benzene rings is 1. The van der Waals surface area contributed by atoms with E-state index in [1.807, 2.05) is 37.3 Å². The van der Waals surface area contributed by atoms with Gasteiger partial charge in [-0.15, -0.1) is 0 Å². The minimum Gasteiger partial charge on any atom is -0.479 e. The Morgan fingerprint density at radius 1 is 1.28 bits per heavy atom. The van der Waals surface area contributed by atoms with Gasteiger partial charge in [-0.3, -0.25) is 4.98 Å². The summed E-state index contributed by atoms with van der Waals surface area (Å²) in [4.78, 5) is 15.4. The number of rotatable bonds is 4. The Balaban J connectivity index is 2.30. The number of para-hydroxylation sites is 1. The average Bonchev–Trinajstić information content (AvgIpc) is 2.38. The number of carboxylic acids is 1. The summed E-state index contributed by atoms with van der Waals surface area (Å²) in [6, 6.07) is 10.3. The van der Waals surface area contributed by atoms with Gasteiger partial charge < -0.3 is 10.4 Å². The summed E-state index contributed by atoms with van der Waals surface area (Å²) < 4.78 is 0. The summed E-state index contributed by atoms with van der Waals surface area (Å²) in [6.07, 6.45) is 3.24. The molecule has 4 heteroatoms. The average molecular weight is 242 g/mol. The van der Waals surface area contributed by atoms with Crippen molar-refractivity contribution in [3.05, 3.63) is 59.9 Å². The maximum atomic E-state index is 11.4. The maximum Gasteiger partial charge on any atom is 0.330 e. The van der Waals surface area contributed by atoms with Crippen molar-refractivity contribution in [2.75, 3.05) is 5.32 Å². The minimum atomic E-state index is -0.921. The first-order chi connectivity index (χ1) is 8.68. The lowest BCUT2D eigenvalue weighted by Crippen LogP contribution is -2.21. The van der Waals surface area contributed by atoms with Crippen molar-refractivity contribution in [3.63, 3.8) is 0 Å². The van der Waals surface area contributed by atoms with E-state index in [1.54, 1.807) is 18.5 Å². The van der Waals surface area contributed by atoms with Crippen LogP contribution in [0.15, 0.2) is 48.8 Å². The lowest BCUT2D eigenvalue weighted by atomic mass is 10.0. The standard InChI is InChI=1S/C14H14N2O2/c1-10-7-8-15-9-12(10)13(14(17)18)16-11-5-3-2-4-6-11/h2-9,13,16H,1H3,(H,17,18). The first-order valence-electron chi connectivity index (χ1n) is 5.63. The molecule has 0 amide bonds. The Labute approximate surface area is 105 Å². The fourth-order valence-corrected chi connectivity index (χ4v) is 1.75. The summed E-state index contributed by atoms with van der Waals surface area (Å²) in [5.74, 6) is -0.921. The molecule has 2 rings (SSSR count). The molecule has 0 saturated carbocycles. The Kier molecular flexibility index (Phi) is 3.57. The van der Waals surface area contributed by atoms with Gasteiger partial charge in [-0.05, 0) is 30.7 Å². The molecule has 92 valence electrons. The van der Waals surface area contributed by atoms with Gasteiger partial charge in [0.05, 0.1) is 0 Å². The maximum absolute atomic E-state index is 11.4. The first kappa shape index (κ1) is 12.1. The Bertz CT molecular complexity index is 541. The lowest BCUT2D eigenvalue weighted by molar-refractivity contribution is -0.138. The quantitative estimate of drug-likeness (QED) is 0.865. The van der Waals surface area contributed by atoms with E-state index in [9.17, 15) is 9.90 Å². The molecule has 2 N–H and O–H groups in total. The third-order valence-corrected chi connectivity index (χ3v) is 2.72. The monoisotopic (exact) mass is 242 g/mol. The zero-order valence-corrected chi connectivity index (χ0v) is 10.00. The number of aryl methyl sites for hydroxylation is 1. The van der Waals surface area contributed by atoms with Crippen LogP contribution in [-0.2, 0) is 4.79 Å². The number of nitrogens with one attached hydrogen (secondary N) is 1. The summed E-state index contributed by atoms with van der Waals surface area (Å²) >= 11 is 0. The summed E-state index contributed by atoms with van der Waals surface area (Å²) in [7, 11) is 0. The molecular weight excluding hydrogens is 228 g/mol. The number of pyridine rings is 1. The van der Waals surface area contributed by atoms with Crippen LogP contribution in [0.3, 0.4) is 0 Å². The Morgan fingerprint density at radius 3 is 2.61 bits per heavy atom. The molecule has 0 aliphatic heterocycles. The van der Waals surface area contributed by atoms with E-state index in [-0.39, 0.29) is 0 Å². The highest BCUT2D eigenvalue weighted by atomic mass is 16.4. The SMILES string of the molecule is Cc1ccncc1C(Nc1ccccc1)C(=O)O. The van der Waals surface area contributed by atoms with Gasteiger partial charge in [-0.25, -0.2) is 4.79 Å². The molecule has 1 atom stereocenters. The highest BCUT2D eigenvalue weighted by Gasteiger charge is 2.21. The van der Waals surface area contributed by atoms with Crippen LogP contribution in [-0.4, -0.2) is 16.1 Å². The summed E-state index contributed by atoms with van der Waals surface area (Å²) in [5, 5.41) is 12.3. The number of aliphatic carboxylic acids is 1. The number of aromatic nitrogens is 1. The van der Waals surface area contributed by atoms with Crippen molar-refractivity contribution in [1.82, 2.24) is 4.98 Å². The Morgan fingerprint density at radius 2 is 2.00 bits per heavy atom. The molecule has 2 aromatic rings. The van der Waals surface area contributed by atoms with Gasteiger partial charge in [0.25, 0.3) is 0 Å². The van der Waals surface area contributed by atoms with E-state index in [0.29, 0.717) is 5.56 Å². The molecule has 0 aliphatic rings. The van der Waals surface area contributed by atoms with Crippen LogP contribution in [0.4, 0.5) is 5.69 Å². The van der Waals surface area contributed by atoms with E-state index in [2.05, 4.69) is 10.3 Å². The largest absolute Gasteiger partial charge is 0.479 e. The van der Waals surface area contributed by atoms with Crippen molar-refractivity contribution in [2.24, 2.45) is 0 Å². The van der Waals surface area contributed by atoms with Gasteiger partial charge in [0.15, 0.2) is 6.04 Å². The number of nitrogens with zero attached hydrogens (tertiary/aromatic N) is 1. The number of carboxylic acid groups (broad SMARTS) is 1. The number of hydrogen-bond donors (Lipinski definition) is 2. The zero-order chi connectivity index (χ0) is 13.0. The number of carbonyl (C=O) groups is 1. The zero-order valence-electron chi connectivity index (χ0n) is 10.00. The third kappa shape index (κ3) is 2.66. The molecule has 0 spiro atoms. The van der Waals surface area contributed by atoms with Crippen LogP contribution in [0.5, 0.6) is 0 Å². The fraction of sp³-hybridized carbons (Fsp3) is 0.143. The topological polar surface area (TPSA) is 62.2 Å². The Hall–Kier alpha value is -2.36. The molecule has 1 aromatic heterocycles. The molecule has 1 heterocycles. The lowest BCUT2D eigenvalue weighted by Gasteiger charge is -2.17. The molecule has 1 unspecified atom stereocenters. The highest BCUT2D eigenvalue weighted by Crippen LogP contribution is 2.21. The smallest absolute Gasteiger partial charge is 0.330 e. The van der Waals surface area contributed by atoms with Crippen molar-refractivity contribution in [2.45, 2.75) is 13.0 Å². The number of anilines is 1. The van der Waals surface area contributed by atoms with Gasteiger partial charge in [0.1, 0.15) is 0 Å². The van der Waals surface area contributed by atoms with Crippen LogP contribution in [0, 0.1) is 6.92 Å². The fourth-order valence-electron chi connectivity index (χ4n) is 1.75. The molecule has 4 nitrogen and oxygen atoms in total. The molecule has 0 aliphatic carbocycles. The van der Waals surface area contributed by atoms with Crippen molar-refractivity contribution < 1.29 is 9.90 Å². The van der Waals surface area contributed by atoms with Crippen molar-refractivity contribution in [3.8, 4) is 0 Å². The first-order valence-corrected chi connectivity index (χ1v) is 5.63. The van der Waals surface area contributed by atoms with E-state index < -0.39 is 12.0 Å². The summed E-state index contributed by atoms with van der Waals surface area (Å²) in [6.45, 7) is 1.87. The second-order valence-electron chi connectivity index (χ2n) is 4.01. The van der Waals surface area contributed by atoms with Gasteiger partial charge in [0, 0.05) is 23.6 Å². The van der Waals surface area contributed by atoms with Gasteiger partial charge in [-0.1, -0.05) is 18.2 Å². The minimum absolute atomic E-state index is 0.675. The van der Waals surface area contributed by atoms with E-state index in [0.717, 1.165) is 11.3 Å². The molecule has 0 saturated heterocycles. The van der Waals surface area contributed by atoms with Crippen LogP contribution < -0.4 is 5.32 Å². The van der Waals surface area contributed by atoms with E-state index >= 15 is 0 Å². The molecule has 0 fully saturated rings. The third-order valence-electron chi connectivity index (χ3n) is 2.72. The molecule has 0 radical (unpaired) electrons. The van der Waals surface area contributed by atoms with E-state index in [4.69, 9.17) is 0 Å². The van der Waals surface area contributed by atoms with Gasteiger partial charge >= 0.3 is 5.97 Å². The second kappa shape index (κ2) is 5.31. The van der Waals surface area contributed by atoms with Gasteiger partial charge in [0.2, 0.25) is 0 Å². The number of hydrogen-bond acceptors (Lipinski definition) is 3. The highest BCUT2D eigenvalue weighted by molar-refractivity contribution is 5.79. The molecule has 0 bridgehead atoms. The van der Waals surface area contributed by atoms with Crippen molar-refractivity contribution in [1.29, 1.82) is 0 Å². The van der Waals surface area contributed by atoms with Crippen LogP contribution in [0.25, 0.3) is 0 Å². The van der Waals surface area contributed by atoms with Crippen LogP contribution in [0.1, 0.15) is 17.2 Å². The predicted octanol–water partition coefficient (Wildman–Crippen LogP) is 2.63. The molecule has 1 aromatic carbocycles.